The number of methoxy groups -OCH3 is 1. The van der Waals surface area contributed by atoms with Crippen molar-refractivity contribution in [1.29, 1.82) is 5.26 Å². The molecule has 0 fully saturated rings. The van der Waals surface area contributed by atoms with Gasteiger partial charge in [-0.25, -0.2) is 4.98 Å². The molecule has 4 aromatic rings. The van der Waals surface area contributed by atoms with Gasteiger partial charge in [0.1, 0.15) is 18.5 Å². The van der Waals surface area contributed by atoms with E-state index < -0.39 is 0 Å². The van der Waals surface area contributed by atoms with E-state index in [0.717, 1.165) is 32.2 Å². The molecule has 6 heteroatoms. The number of hydrogen-bond acceptors (Lipinski definition) is 4. The summed E-state index contributed by atoms with van der Waals surface area (Å²) in [5.41, 5.74) is 6.36. The van der Waals surface area contributed by atoms with Gasteiger partial charge in [0.2, 0.25) is 0 Å². The summed E-state index contributed by atoms with van der Waals surface area (Å²) < 4.78 is 12.3. The van der Waals surface area contributed by atoms with Crippen LogP contribution in [0.2, 0.25) is 0 Å². The van der Waals surface area contributed by atoms with Crippen LogP contribution < -0.4 is 9.47 Å². The average Bonchev–Trinajstić information content (AvgIpc) is 3.20. The summed E-state index contributed by atoms with van der Waals surface area (Å²) in [6.07, 6.45) is 1.78. The summed E-state index contributed by atoms with van der Waals surface area (Å²) in [5, 5.41) is 9.75. The fraction of sp³-hybridized carbons (Fsp3) is 0.154. The van der Waals surface area contributed by atoms with E-state index in [0.29, 0.717) is 29.5 Å². The second-order valence-corrected chi connectivity index (χ2v) is 8.44. The molecule has 4 rings (SSSR count). The Kier molecular flexibility index (Phi) is 6.29. The van der Waals surface area contributed by atoms with Crippen molar-refractivity contribution in [3.8, 4) is 17.6 Å². The number of aryl methyl sites for hydroxylation is 2. The van der Waals surface area contributed by atoms with E-state index in [1.54, 1.807) is 13.2 Å². The Morgan fingerprint density at radius 1 is 1.09 bits per heavy atom. The molecule has 1 heterocycles. The highest BCUT2D eigenvalue weighted by Gasteiger charge is 2.14. The molecule has 5 nitrogen and oxygen atoms in total. The second kappa shape index (κ2) is 9.29. The molecule has 0 unspecified atom stereocenters. The lowest BCUT2D eigenvalue weighted by atomic mass is 10.1. The van der Waals surface area contributed by atoms with Gasteiger partial charge in [0.25, 0.3) is 0 Å². The Hall–Kier alpha value is -3.56. The van der Waals surface area contributed by atoms with Crippen molar-refractivity contribution in [2.75, 3.05) is 7.11 Å². The van der Waals surface area contributed by atoms with Gasteiger partial charge >= 0.3 is 0 Å². The van der Waals surface area contributed by atoms with Crippen LogP contribution in [-0.2, 0) is 6.61 Å². The van der Waals surface area contributed by atoms with Gasteiger partial charge in [-0.3, -0.25) is 0 Å². The van der Waals surface area contributed by atoms with Crippen LogP contribution in [0.4, 0.5) is 0 Å². The lowest BCUT2D eigenvalue weighted by molar-refractivity contribution is 0.282. The first kappa shape index (κ1) is 21.7. The molecule has 0 aliphatic rings. The van der Waals surface area contributed by atoms with E-state index in [-0.39, 0.29) is 0 Å². The third-order valence-corrected chi connectivity index (χ3v) is 5.67. The molecule has 0 bridgehead atoms. The summed E-state index contributed by atoms with van der Waals surface area (Å²) in [4.78, 5) is 7.79. The lowest BCUT2D eigenvalue weighted by Crippen LogP contribution is -1.99. The average molecular weight is 488 g/mol. The molecule has 160 valence electrons. The highest BCUT2D eigenvalue weighted by atomic mass is 79.9. The van der Waals surface area contributed by atoms with E-state index in [2.05, 4.69) is 51.0 Å². The Balaban J connectivity index is 1.63. The molecule has 0 saturated heterocycles. The Labute approximate surface area is 195 Å². The van der Waals surface area contributed by atoms with Gasteiger partial charge in [0.05, 0.1) is 28.2 Å². The number of allylic oxidation sites excluding steroid dienone is 1. The Morgan fingerprint density at radius 2 is 1.84 bits per heavy atom. The Bertz CT molecular complexity index is 1350. The van der Waals surface area contributed by atoms with Crippen LogP contribution in [0.5, 0.6) is 11.5 Å². The van der Waals surface area contributed by atoms with Crippen LogP contribution in [0, 0.1) is 25.2 Å². The van der Waals surface area contributed by atoms with E-state index in [1.165, 1.54) is 5.56 Å². The number of benzene rings is 3. The smallest absolute Gasteiger partial charge is 0.175 e. The van der Waals surface area contributed by atoms with Crippen LogP contribution in [0.1, 0.15) is 28.1 Å². The molecule has 0 aliphatic heterocycles. The van der Waals surface area contributed by atoms with Crippen molar-refractivity contribution in [2.24, 2.45) is 0 Å². The number of nitriles is 1. The van der Waals surface area contributed by atoms with Crippen molar-refractivity contribution >= 4 is 38.6 Å². The molecule has 0 radical (unpaired) electrons. The molecule has 0 saturated carbocycles. The number of H-pyrrole nitrogens is 1. The number of aromatic nitrogens is 2. The number of ether oxygens (including phenoxy) is 2. The third-order valence-electron chi connectivity index (χ3n) is 5.08. The zero-order chi connectivity index (χ0) is 22.7. The summed E-state index contributed by atoms with van der Waals surface area (Å²) in [5.74, 6) is 1.72. The molecule has 0 atom stereocenters. The first-order valence-corrected chi connectivity index (χ1v) is 10.9. The summed E-state index contributed by atoms with van der Waals surface area (Å²) >= 11 is 3.59. The molecule has 0 aliphatic carbocycles. The van der Waals surface area contributed by atoms with Crippen LogP contribution >= 0.6 is 15.9 Å². The van der Waals surface area contributed by atoms with E-state index in [9.17, 15) is 5.26 Å². The fourth-order valence-electron chi connectivity index (χ4n) is 3.37. The highest BCUT2D eigenvalue weighted by Crippen LogP contribution is 2.38. The number of fused-ring (bicyclic) bond motifs is 1. The number of nitrogens with one attached hydrogen (secondary N) is 1. The molecule has 0 spiro atoms. The quantitative estimate of drug-likeness (QED) is 0.311. The maximum Gasteiger partial charge on any atom is 0.175 e. The van der Waals surface area contributed by atoms with E-state index in [4.69, 9.17) is 9.47 Å². The Morgan fingerprint density at radius 3 is 2.56 bits per heavy atom. The topological polar surface area (TPSA) is 70.9 Å². The van der Waals surface area contributed by atoms with Crippen LogP contribution in [0.25, 0.3) is 22.7 Å². The number of halogens is 1. The first-order chi connectivity index (χ1) is 15.5. The molecule has 1 N–H and O–H groups in total. The number of rotatable bonds is 6. The second-order valence-electron chi connectivity index (χ2n) is 7.58. The van der Waals surface area contributed by atoms with Crippen molar-refractivity contribution in [2.45, 2.75) is 20.5 Å². The first-order valence-electron chi connectivity index (χ1n) is 10.1. The van der Waals surface area contributed by atoms with Crippen molar-refractivity contribution < 1.29 is 9.47 Å². The van der Waals surface area contributed by atoms with Gasteiger partial charge in [-0.05, 0) is 76.8 Å². The monoisotopic (exact) mass is 487 g/mol. The maximum absolute atomic E-state index is 9.75. The minimum Gasteiger partial charge on any atom is -0.493 e. The number of hydrogen-bond donors (Lipinski definition) is 1. The number of aromatic amines is 1. The lowest BCUT2D eigenvalue weighted by Gasteiger charge is -2.14. The summed E-state index contributed by atoms with van der Waals surface area (Å²) in [6, 6.07) is 20.1. The van der Waals surface area contributed by atoms with Crippen LogP contribution in [-0.4, -0.2) is 17.1 Å². The van der Waals surface area contributed by atoms with Crippen LogP contribution in [0.15, 0.2) is 59.1 Å². The number of imidazole rings is 1. The van der Waals surface area contributed by atoms with Crippen molar-refractivity contribution in [1.82, 2.24) is 9.97 Å². The zero-order valence-electron chi connectivity index (χ0n) is 18.1. The van der Waals surface area contributed by atoms with Gasteiger partial charge in [-0.2, -0.15) is 5.26 Å². The molecule has 32 heavy (non-hydrogen) atoms. The van der Waals surface area contributed by atoms with Gasteiger partial charge in [0, 0.05) is 0 Å². The van der Waals surface area contributed by atoms with Gasteiger partial charge in [-0.15, -0.1) is 0 Å². The molecule has 0 amide bonds. The van der Waals surface area contributed by atoms with Crippen LogP contribution in [0.3, 0.4) is 0 Å². The maximum atomic E-state index is 9.75. The largest absolute Gasteiger partial charge is 0.493 e. The minimum absolute atomic E-state index is 0.423. The predicted octanol–water partition coefficient (Wildman–Crippen LogP) is 6.59. The van der Waals surface area contributed by atoms with E-state index in [1.807, 2.05) is 49.4 Å². The minimum atomic E-state index is 0.423. The standard InChI is InChI=1S/C26H22BrN3O2/c1-16-4-7-18(8-5-16)15-32-25-21(27)12-19(13-24(25)31-3)11-20(14-28)26-29-22-9-6-17(2)10-23(22)30-26/h4-13H,15H2,1-3H3,(H,29,30). The van der Waals surface area contributed by atoms with Crippen molar-refractivity contribution in [3.05, 3.63) is 87.1 Å². The molecular formula is C26H22BrN3O2. The molecule has 1 aromatic heterocycles. The SMILES string of the molecule is COc1cc(C=C(C#N)c2nc3ccc(C)cc3[nH]2)cc(Br)c1OCc1ccc(C)cc1. The summed E-state index contributed by atoms with van der Waals surface area (Å²) in [7, 11) is 1.60. The van der Waals surface area contributed by atoms with Crippen molar-refractivity contribution in [3.63, 3.8) is 0 Å². The fourth-order valence-corrected chi connectivity index (χ4v) is 3.95. The van der Waals surface area contributed by atoms with Gasteiger partial charge in [-0.1, -0.05) is 35.9 Å². The molecular weight excluding hydrogens is 466 g/mol. The van der Waals surface area contributed by atoms with Gasteiger partial charge < -0.3 is 14.5 Å². The van der Waals surface area contributed by atoms with E-state index >= 15 is 0 Å². The predicted molar refractivity (Wildman–Crippen MR) is 131 cm³/mol. The zero-order valence-corrected chi connectivity index (χ0v) is 19.7. The summed E-state index contributed by atoms with van der Waals surface area (Å²) in [6.45, 7) is 4.50. The molecule has 3 aromatic carbocycles. The normalized spacial score (nSPS) is 11.4. The highest BCUT2D eigenvalue weighted by molar-refractivity contribution is 9.10. The number of nitrogens with zero attached hydrogens (tertiary/aromatic N) is 2. The third kappa shape index (κ3) is 4.68. The van der Waals surface area contributed by atoms with Gasteiger partial charge in [0.15, 0.2) is 11.5 Å².